The number of nitrogens with one attached hydrogen (secondary N) is 1. The maximum absolute atomic E-state index is 12.3. The van der Waals surface area contributed by atoms with E-state index in [1.54, 1.807) is 13.3 Å². The molecule has 0 spiro atoms. The highest BCUT2D eigenvalue weighted by atomic mass is 16.5. The Morgan fingerprint density at radius 1 is 1.55 bits per heavy atom. The maximum atomic E-state index is 12.3. The number of methoxy groups -OCH3 is 1. The lowest BCUT2D eigenvalue weighted by Crippen LogP contribution is -2.46. The van der Waals surface area contributed by atoms with Gasteiger partial charge >= 0.3 is 6.03 Å². The van der Waals surface area contributed by atoms with Crippen molar-refractivity contribution >= 4 is 6.03 Å². The molecule has 1 N–H and O–H groups in total. The second-order valence-corrected chi connectivity index (χ2v) is 6.46. The number of carbonyl (C=O) groups excluding carboxylic acids is 1. The first-order valence-corrected chi connectivity index (χ1v) is 8.12. The number of carbonyl (C=O) groups is 1. The van der Waals surface area contributed by atoms with Gasteiger partial charge in [0.05, 0.1) is 13.2 Å². The summed E-state index contributed by atoms with van der Waals surface area (Å²) in [5.74, 6) is 1.92. The van der Waals surface area contributed by atoms with Gasteiger partial charge in [-0.15, -0.1) is 0 Å². The van der Waals surface area contributed by atoms with Crippen LogP contribution in [-0.2, 0) is 17.8 Å². The Morgan fingerprint density at radius 3 is 3.09 bits per heavy atom. The monoisotopic (exact) mass is 308 g/mol. The molecule has 1 fully saturated rings. The average molecular weight is 308 g/mol. The molecule has 6 nitrogen and oxygen atoms in total. The first-order valence-electron chi connectivity index (χ1n) is 8.12. The van der Waals surface area contributed by atoms with E-state index in [4.69, 9.17) is 4.74 Å². The summed E-state index contributed by atoms with van der Waals surface area (Å²) < 4.78 is 7.32. The Balaban J connectivity index is 1.83. The van der Waals surface area contributed by atoms with Crippen LogP contribution < -0.4 is 5.32 Å². The fraction of sp³-hybridized carbons (Fsp3) is 0.750. The number of imidazole rings is 1. The quantitative estimate of drug-likeness (QED) is 0.875. The molecule has 22 heavy (non-hydrogen) atoms. The van der Waals surface area contributed by atoms with Crippen molar-refractivity contribution in [2.24, 2.45) is 11.8 Å². The van der Waals surface area contributed by atoms with Gasteiger partial charge < -0.3 is 19.5 Å². The summed E-state index contributed by atoms with van der Waals surface area (Å²) in [6, 6.07) is -0.0000926. The predicted molar refractivity (Wildman–Crippen MR) is 85.5 cm³/mol. The lowest BCUT2D eigenvalue weighted by atomic mass is 9.99. The third kappa shape index (κ3) is 4.73. The van der Waals surface area contributed by atoms with E-state index in [0.717, 1.165) is 44.9 Å². The summed E-state index contributed by atoms with van der Waals surface area (Å²) in [7, 11) is 1.72. The highest BCUT2D eigenvalue weighted by Gasteiger charge is 2.23. The summed E-state index contributed by atoms with van der Waals surface area (Å²) in [6.07, 6.45) is 5.94. The molecule has 1 aromatic rings. The number of piperidine rings is 1. The number of rotatable bonds is 6. The second kappa shape index (κ2) is 8.17. The highest BCUT2D eigenvalue weighted by molar-refractivity contribution is 5.74. The summed E-state index contributed by atoms with van der Waals surface area (Å²) in [5.41, 5.74) is 0. The lowest BCUT2D eigenvalue weighted by molar-refractivity contribution is 0.100. The van der Waals surface area contributed by atoms with Crippen LogP contribution in [0.5, 0.6) is 0 Å². The van der Waals surface area contributed by atoms with Crippen LogP contribution in [-0.4, -0.2) is 47.3 Å². The normalized spacial score (nSPS) is 18.7. The van der Waals surface area contributed by atoms with Gasteiger partial charge in [0.25, 0.3) is 0 Å². The van der Waals surface area contributed by atoms with E-state index in [2.05, 4.69) is 28.7 Å². The average Bonchev–Trinajstić information content (AvgIpc) is 2.92. The molecule has 0 saturated carbocycles. The minimum Gasteiger partial charge on any atom is -0.384 e. The molecule has 124 valence electrons. The molecule has 1 aromatic heterocycles. The van der Waals surface area contributed by atoms with Crippen LogP contribution in [0.25, 0.3) is 0 Å². The summed E-state index contributed by atoms with van der Waals surface area (Å²) in [4.78, 5) is 18.5. The number of ether oxygens (including phenoxy) is 1. The number of aromatic nitrogens is 2. The molecule has 1 atom stereocenters. The fourth-order valence-corrected chi connectivity index (χ4v) is 2.95. The zero-order valence-electron chi connectivity index (χ0n) is 13.9. The molecule has 2 amide bonds. The smallest absolute Gasteiger partial charge is 0.317 e. The number of hydrogen-bond acceptors (Lipinski definition) is 3. The molecule has 0 bridgehead atoms. The molecule has 0 aromatic carbocycles. The number of hydrogen-bond donors (Lipinski definition) is 1. The van der Waals surface area contributed by atoms with Gasteiger partial charge in [-0.25, -0.2) is 9.78 Å². The van der Waals surface area contributed by atoms with Crippen molar-refractivity contribution in [2.75, 3.05) is 26.8 Å². The largest absolute Gasteiger partial charge is 0.384 e. The van der Waals surface area contributed by atoms with Crippen molar-refractivity contribution in [3.63, 3.8) is 0 Å². The molecule has 1 aliphatic heterocycles. The Morgan fingerprint density at radius 2 is 2.36 bits per heavy atom. The van der Waals surface area contributed by atoms with Gasteiger partial charge in [-0.1, -0.05) is 13.8 Å². The first-order chi connectivity index (χ1) is 10.6. The van der Waals surface area contributed by atoms with E-state index < -0.39 is 0 Å². The van der Waals surface area contributed by atoms with Crippen LogP contribution in [0.15, 0.2) is 12.4 Å². The van der Waals surface area contributed by atoms with Gasteiger partial charge in [-0.05, 0) is 18.8 Å². The number of nitrogens with zero attached hydrogens (tertiary/aromatic N) is 3. The van der Waals surface area contributed by atoms with Crippen molar-refractivity contribution in [1.29, 1.82) is 0 Å². The van der Waals surface area contributed by atoms with Crippen molar-refractivity contribution in [3.05, 3.63) is 18.2 Å². The molecular formula is C16H28N4O2. The fourth-order valence-electron chi connectivity index (χ4n) is 2.95. The second-order valence-electron chi connectivity index (χ2n) is 6.46. The molecule has 2 heterocycles. The zero-order chi connectivity index (χ0) is 15.9. The van der Waals surface area contributed by atoms with Crippen molar-refractivity contribution < 1.29 is 9.53 Å². The Hall–Kier alpha value is -1.56. The van der Waals surface area contributed by atoms with E-state index >= 15 is 0 Å². The zero-order valence-corrected chi connectivity index (χ0v) is 13.9. The third-order valence-corrected chi connectivity index (χ3v) is 3.97. The van der Waals surface area contributed by atoms with Gasteiger partial charge in [0.1, 0.15) is 5.82 Å². The van der Waals surface area contributed by atoms with Gasteiger partial charge in [-0.3, -0.25) is 0 Å². The highest BCUT2D eigenvalue weighted by Crippen LogP contribution is 2.16. The van der Waals surface area contributed by atoms with Crippen LogP contribution >= 0.6 is 0 Å². The van der Waals surface area contributed by atoms with E-state index in [0.29, 0.717) is 18.4 Å². The van der Waals surface area contributed by atoms with E-state index in [1.807, 2.05) is 11.1 Å². The van der Waals surface area contributed by atoms with Gasteiger partial charge in [-0.2, -0.15) is 0 Å². The minimum atomic E-state index is -0.0000926. The third-order valence-electron chi connectivity index (χ3n) is 3.97. The van der Waals surface area contributed by atoms with Crippen molar-refractivity contribution in [1.82, 2.24) is 19.8 Å². The molecule has 0 radical (unpaired) electrons. The lowest BCUT2D eigenvalue weighted by Gasteiger charge is -2.32. The van der Waals surface area contributed by atoms with Crippen molar-refractivity contribution in [3.8, 4) is 0 Å². The number of likely N-dealkylation sites (tertiary alicyclic amines) is 1. The van der Waals surface area contributed by atoms with Gasteiger partial charge in [0, 0.05) is 45.1 Å². The minimum absolute atomic E-state index is 0.0000926. The van der Waals surface area contributed by atoms with Crippen LogP contribution in [0.1, 0.15) is 32.5 Å². The molecule has 1 aliphatic rings. The standard InChI is InChI=1S/C16H28N4O2/c1-13(2)10-19-8-6-17-15(19)9-18-16(21)20-7-4-5-14(11-20)12-22-3/h6,8,13-14H,4-5,7,9-12H2,1-3H3,(H,18,21)/t14-/m1/s1. The topological polar surface area (TPSA) is 59.4 Å². The van der Waals surface area contributed by atoms with Crippen LogP contribution in [0, 0.1) is 11.8 Å². The maximum Gasteiger partial charge on any atom is 0.317 e. The Kier molecular flexibility index (Phi) is 6.24. The molecule has 0 aliphatic carbocycles. The molecular weight excluding hydrogens is 280 g/mol. The first kappa shape index (κ1) is 16.8. The van der Waals surface area contributed by atoms with Crippen LogP contribution in [0.4, 0.5) is 4.79 Å². The number of amides is 2. The van der Waals surface area contributed by atoms with Crippen molar-refractivity contribution in [2.45, 2.75) is 39.8 Å². The Labute approximate surface area is 132 Å². The summed E-state index contributed by atoms with van der Waals surface area (Å²) >= 11 is 0. The summed E-state index contributed by atoms with van der Waals surface area (Å²) in [5, 5.41) is 2.99. The summed E-state index contributed by atoms with van der Waals surface area (Å²) in [6.45, 7) is 8.07. The Bertz CT molecular complexity index is 470. The number of urea groups is 1. The van der Waals surface area contributed by atoms with E-state index in [-0.39, 0.29) is 6.03 Å². The van der Waals surface area contributed by atoms with E-state index in [1.165, 1.54) is 0 Å². The van der Waals surface area contributed by atoms with Crippen LogP contribution in [0.2, 0.25) is 0 Å². The SMILES string of the molecule is COC[C@@H]1CCCN(C(=O)NCc2nccn2CC(C)C)C1. The molecule has 0 unspecified atom stereocenters. The van der Waals surface area contributed by atoms with Gasteiger partial charge in [0.2, 0.25) is 0 Å². The molecule has 6 heteroatoms. The predicted octanol–water partition coefficient (Wildman–Crippen LogP) is 2.11. The van der Waals surface area contributed by atoms with Crippen LogP contribution in [0.3, 0.4) is 0 Å². The van der Waals surface area contributed by atoms with E-state index in [9.17, 15) is 4.79 Å². The molecule has 1 saturated heterocycles. The molecule has 2 rings (SSSR count). The van der Waals surface area contributed by atoms with Gasteiger partial charge in [0.15, 0.2) is 0 Å².